The molecule has 4 aromatic rings. The molecule has 0 amide bonds. The molecule has 0 saturated heterocycles. The van der Waals surface area contributed by atoms with E-state index in [1.165, 1.54) is 11.1 Å². The number of rotatable bonds is 3. The highest BCUT2D eigenvalue weighted by molar-refractivity contribution is 7.93. The largest absolute Gasteiger partial charge is 0.311 e. The zero-order valence-electron chi connectivity index (χ0n) is 21.3. The van der Waals surface area contributed by atoms with Gasteiger partial charge in [-0.1, -0.05) is 111 Å². The van der Waals surface area contributed by atoms with Crippen LogP contribution in [-0.4, -0.2) is 5.42 Å². The van der Waals surface area contributed by atoms with Crippen molar-refractivity contribution in [3.63, 3.8) is 0 Å². The summed E-state index contributed by atoms with van der Waals surface area (Å²) >= 11 is 0. The van der Waals surface area contributed by atoms with Crippen LogP contribution in [0.25, 0.3) is 4.85 Å². The molecule has 2 aliphatic heterocycles. The number of anilines is 2. The van der Waals surface area contributed by atoms with Gasteiger partial charge in [-0.2, -0.15) is 5.26 Å². The van der Waals surface area contributed by atoms with Crippen LogP contribution in [0.2, 0.25) is 0 Å². The van der Waals surface area contributed by atoms with Crippen molar-refractivity contribution in [2.75, 3.05) is 4.90 Å². The molecule has 0 spiro atoms. The quantitative estimate of drug-likeness (QED) is 0.213. The molecule has 2 aliphatic rings. The summed E-state index contributed by atoms with van der Waals surface area (Å²) in [4.78, 5) is 6.38. The van der Waals surface area contributed by atoms with E-state index in [9.17, 15) is 5.26 Å². The zero-order chi connectivity index (χ0) is 26.3. The summed E-state index contributed by atoms with van der Waals surface area (Å²) in [6.45, 7) is 10.3. The van der Waals surface area contributed by atoms with E-state index in [4.69, 9.17) is 6.57 Å². The van der Waals surface area contributed by atoms with Gasteiger partial charge in [-0.05, 0) is 46.0 Å². The third-order valence-electron chi connectivity index (χ3n) is 7.68. The van der Waals surface area contributed by atoms with E-state index < -0.39 is 6.89 Å². The van der Waals surface area contributed by atoms with Gasteiger partial charge >= 0.3 is 0 Å². The number of hydrogen-bond donors (Lipinski definition) is 0. The van der Waals surface area contributed by atoms with Crippen LogP contribution in [0, 0.1) is 17.9 Å². The first-order chi connectivity index (χ1) is 18.5. The van der Waals surface area contributed by atoms with Crippen molar-refractivity contribution in [1.29, 1.82) is 5.26 Å². The van der Waals surface area contributed by atoms with E-state index in [-0.39, 0.29) is 5.41 Å². The first kappa shape index (κ1) is 23.8. The van der Waals surface area contributed by atoms with Crippen molar-refractivity contribution in [2.24, 2.45) is 0 Å². The second-order valence-corrected chi connectivity index (χ2v) is 13.3. The molecule has 0 unspecified atom stereocenters. The van der Waals surface area contributed by atoms with Crippen molar-refractivity contribution >= 4 is 34.3 Å². The van der Waals surface area contributed by atoms with Crippen LogP contribution in [0.5, 0.6) is 0 Å². The molecule has 0 radical (unpaired) electrons. The first-order valence-corrected chi connectivity index (χ1v) is 14.4. The highest BCUT2D eigenvalue weighted by Gasteiger charge is 2.40. The molecule has 3 nitrogen and oxygen atoms in total. The Balaban J connectivity index is 1.71. The van der Waals surface area contributed by atoms with Crippen LogP contribution >= 0.6 is 6.89 Å². The summed E-state index contributed by atoms with van der Waals surface area (Å²) in [7, 11) is 0. The third kappa shape index (κ3) is 3.34. The molecule has 0 atom stereocenters. The predicted molar refractivity (Wildman–Crippen MR) is 160 cm³/mol. The maximum atomic E-state index is 10.7. The fraction of sp³-hybridized carbons (Fsp3) is 0.0882. The van der Waals surface area contributed by atoms with Gasteiger partial charge in [0.25, 0.3) is 0 Å². The SMILES string of the molecule is [C-]#[N+]C1=P(c2ccccc2)(c2ccccc2)C(C#N)=CC(N2c3ccccc3C(C)(C)c3ccccc32)=C1. The van der Waals surface area contributed by atoms with E-state index >= 15 is 0 Å². The Labute approximate surface area is 224 Å². The van der Waals surface area contributed by atoms with Crippen molar-refractivity contribution in [1.82, 2.24) is 0 Å². The monoisotopic (exact) mass is 507 g/mol. The molecule has 182 valence electrons. The lowest BCUT2D eigenvalue weighted by molar-refractivity contribution is 0.630. The summed E-state index contributed by atoms with van der Waals surface area (Å²) in [5.41, 5.74) is 5.85. The Kier molecular flexibility index (Phi) is 5.69. The average molecular weight is 508 g/mol. The fourth-order valence-corrected chi connectivity index (χ4v) is 9.74. The van der Waals surface area contributed by atoms with Crippen molar-refractivity contribution in [3.8, 4) is 6.07 Å². The molecule has 0 saturated carbocycles. The van der Waals surface area contributed by atoms with Crippen LogP contribution in [0.15, 0.2) is 132 Å². The highest BCUT2D eigenvalue weighted by atomic mass is 31.2. The molecular formula is C34H26N3P. The maximum Gasteiger partial charge on any atom is 0.197 e. The fourth-order valence-electron chi connectivity index (χ4n) is 5.92. The average Bonchev–Trinajstić information content (AvgIpc) is 2.97. The molecule has 4 aromatic carbocycles. The third-order valence-corrected chi connectivity index (χ3v) is 11.7. The number of hydrogen-bond acceptors (Lipinski definition) is 2. The van der Waals surface area contributed by atoms with Gasteiger partial charge in [0, 0.05) is 18.0 Å². The highest BCUT2D eigenvalue weighted by Crippen LogP contribution is 2.58. The molecule has 0 N–H and O–H groups in total. The van der Waals surface area contributed by atoms with Gasteiger partial charge in [-0.3, -0.25) is 0 Å². The number of fused-ring (bicyclic) bond motifs is 2. The smallest absolute Gasteiger partial charge is 0.197 e. The van der Waals surface area contributed by atoms with E-state index in [1.807, 2.05) is 48.6 Å². The standard InChI is InChI=1S/C34H26N3P/c1-34(2)29-18-10-12-20-31(29)37(32-21-13-11-19-30(32)34)25-22-28(24-35)38(33(23-25)36-3,26-14-6-4-7-15-26)27-16-8-5-9-17-27/h4-23H,1-2H3. The van der Waals surface area contributed by atoms with Gasteiger partial charge in [-0.25, -0.2) is 4.85 Å². The van der Waals surface area contributed by atoms with Crippen molar-refractivity contribution in [2.45, 2.75) is 19.3 Å². The van der Waals surface area contributed by atoms with E-state index in [1.54, 1.807) is 0 Å². The second-order valence-electron chi connectivity index (χ2n) is 10.0. The molecule has 6 rings (SSSR count). The lowest BCUT2D eigenvalue weighted by Gasteiger charge is -2.43. The topological polar surface area (TPSA) is 31.4 Å². The Morgan fingerprint density at radius 2 is 1.18 bits per heavy atom. The number of allylic oxidation sites excluding steroid dienone is 2. The van der Waals surface area contributed by atoms with Crippen molar-refractivity contribution in [3.05, 3.63) is 155 Å². The molecule has 0 aliphatic carbocycles. The van der Waals surface area contributed by atoms with Gasteiger partial charge in [0.15, 0.2) is 5.42 Å². The van der Waals surface area contributed by atoms with Gasteiger partial charge in [0.1, 0.15) is 0 Å². The second kappa shape index (κ2) is 9.08. The Bertz CT molecular complexity index is 1670. The summed E-state index contributed by atoms with van der Waals surface area (Å²) in [6, 6.07) is 39.6. The summed E-state index contributed by atoms with van der Waals surface area (Å²) in [5.74, 6) is 0. The summed E-state index contributed by atoms with van der Waals surface area (Å²) in [5, 5.41) is 13.4. The summed E-state index contributed by atoms with van der Waals surface area (Å²) < 4.78 is 0. The molecule has 2 heterocycles. The summed E-state index contributed by atoms with van der Waals surface area (Å²) in [6.07, 6.45) is 4.04. The van der Waals surface area contributed by atoms with Crippen molar-refractivity contribution < 1.29 is 0 Å². The van der Waals surface area contributed by atoms with E-state index in [0.29, 0.717) is 10.7 Å². The number of nitrogens with zero attached hydrogens (tertiary/aromatic N) is 3. The minimum Gasteiger partial charge on any atom is -0.311 e. The Morgan fingerprint density at radius 3 is 1.66 bits per heavy atom. The van der Waals surface area contributed by atoms with Gasteiger partial charge in [0.2, 0.25) is 0 Å². The van der Waals surface area contributed by atoms with Gasteiger partial charge in [-0.15, -0.1) is 0 Å². The maximum absolute atomic E-state index is 10.7. The molecule has 4 heteroatoms. The van der Waals surface area contributed by atoms with Crippen LogP contribution in [-0.2, 0) is 5.41 Å². The molecule has 0 bridgehead atoms. The van der Waals surface area contributed by atoms with Gasteiger partial charge in [0.05, 0.1) is 29.3 Å². The lowest BCUT2D eigenvalue weighted by Crippen LogP contribution is -2.33. The van der Waals surface area contributed by atoms with E-state index in [0.717, 1.165) is 27.7 Å². The molecule has 0 aromatic heterocycles. The zero-order valence-corrected chi connectivity index (χ0v) is 22.2. The number of benzene rings is 4. The Morgan fingerprint density at radius 1 is 0.711 bits per heavy atom. The number of nitriles is 1. The molecule has 38 heavy (non-hydrogen) atoms. The molecular weight excluding hydrogens is 481 g/mol. The normalized spacial score (nSPS) is 16.7. The van der Waals surface area contributed by atoms with Gasteiger partial charge < -0.3 is 4.90 Å². The minimum absolute atomic E-state index is 0.183. The molecule has 0 fully saturated rings. The van der Waals surface area contributed by atoms with Crippen LogP contribution in [0.3, 0.4) is 0 Å². The lowest BCUT2D eigenvalue weighted by atomic mass is 9.73. The van der Waals surface area contributed by atoms with E-state index in [2.05, 4.69) is 102 Å². The Hall–Kier alpha value is -4.56. The first-order valence-electron chi connectivity index (χ1n) is 12.6. The number of para-hydroxylation sites is 2. The van der Waals surface area contributed by atoms with Crippen LogP contribution in [0.1, 0.15) is 25.0 Å². The minimum atomic E-state index is -2.64. The van der Waals surface area contributed by atoms with Crippen LogP contribution in [0.4, 0.5) is 11.4 Å². The predicted octanol–water partition coefficient (Wildman–Crippen LogP) is 7.49. The van der Waals surface area contributed by atoms with Crippen LogP contribution < -0.4 is 15.5 Å².